The molecule has 0 spiro atoms. The van der Waals surface area contributed by atoms with Gasteiger partial charge >= 0.3 is 0 Å². The molecule has 20 heavy (non-hydrogen) atoms. The lowest BCUT2D eigenvalue weighted by Crippen LogP contribution is -2.52. The number of halogens is 2. The lowest BCUT2D eigenvalue weighted by molar-refractivity contribution is 0.225. The SMILES string of the molecule is CN(C)CC1(Nc2ccc(F)c(Cl)c2)CCCC(N)C1. The topological polar surface area (TPSA) is 41.3 Å². The van der Waals surface area contributed by atoms with E-state index in [0.29, 0.717) is 0 Å². The molecule has 2 atom stereocenters. The molecule has 0 heterocycles. The van der Waals surface area contributed by atoms with Gasteiger partial charge in [-0.05, 0) is 58.0 Å². The fourth-order valence-corrected chi connectivity index (χ4v) is 3.37. The second-order valence-electron chi connectivity index (χ2n) is 6.13. The molecule has 1 aromatic carbocycles. The third-order valence-electron chi connectivity index (χ3n) is 3.83. The molecule has 3 N–H and O–H groups in total. The normalized spacial score (nSPS) is 26.8. The van der Waals surface area contributed by atoms with Crippen molar-refractivity contribution in [1.29, 1.82) is 0 Å². The average molecular weight is 300 g/mol. The fourth-order valence-electron chi connectivity index (χ4n) is 3.19. The van der Waals surface area contributed by atoms with Gasteiger partial charge in [-0.2, -0.15) is 0 Å². The monoisotopic (exact) mass is 299 g/mol. The van der Waals surface area contributed by atoms with E-state index in [0.717, 1.165) is 37.9 Å². The van der Waals surface area contributed by atoms with Crippen LogP contribution in [0.25, 0.3) is 0 Å². The van der Waals surface area contributed by atoms with Crippen LogP contribution in [0.15, 0.2) is 18.2 Å². The van der Waals surface area contributed by atoms with E-state index in [1.165, 1.54) is 6.07 Å². The van der Waals surface area contributed by atoms with E-state index in [1.54, 1.807) is 12.1 Å². The van der Waals surface area contributed by atoms with Crippen molar-refractivity contribution in [3.05, 3.63) is 29.0 Å². The van der Waals surface area contributed by atoms with Gasteiger partial charge < -0.3 is 16.0 Å². The predicted molar refractivity (Wildman–Crippen MR) is 82.8 cm³/mol. The molecule has 2 rings (SSSR count). The van der Waals surface area contributed by atoms with Crippen LogP contribution in [0, 0.1) is 5.82 Å². The van der Waals surface area contributed by atoms with E-state index in [1.807, 2.05) is 0 Å². The summed E-state index contributed by atoms with van der Waals surface area (Å²) in [5, 5.41) is 3.70. The van der Waals surface area contributed by atoms with Crippen molar-refractivity contribution in [2.24, 2.45) is 5.73 Å². The average Bonchev–Trinajstić information content (AvgIpc) is 2.32. The zero-order valence-corrected chi connectivity index (χ0v) is 12.9. The lowest BCUT2D eigenvalue weighted by Gasteiger charge is -2.43. The Morgan fingerprint density at radius 3 is 2.85 bits per heavy atom. The molecule has 0 aliphatic heterocycles. The van der Waals surface area contributed by atoms with E-state index in [4.69, 9.17) is 17.3 Å². The van der Waals surface area contributed by atoms with E-state index in [-0.39, 0.29) is 22.4 Å². The summed E-state index contributed by atoms with van der Waals surface area (Å²) in [5.74, 6) is -0.390. The Balaban J connectivity index is 2.20. The minimum atomic E-state index is -0.390. The summed E-state index contributed by atoms with van der Waals surface area (Å²) in [7, 11) is 4.11. The maximum Gasteiger partial charge on any atom is 0.141 e. The molecule has 1 aliphatic rings. The largest absolute Gasteiger partial charge is 0.378 e. The zero-order valence-electron chi connectivity index (χ0n) is 12.1. The summed E-state index contributed by atoms with van der Waals surface area (Å²) in [6, 6.07) is 5.00. The molecule has 1 fully saturated rings. The van der Waals surface area contributed by atoms with Gasteiger partial charge in [-0.1, -0.05) is 11.6 Å². The van der Waals surface area contributed by atoms with E-state index in [2.05, 4.69) is 24.3 Å². The highest BCUT2D eigenvalue weighted by Gasteiger charge is 2.35. The van der Waals surface area contributed by atoms with Gasteiger partial charge in [-0.25, -0.2) is 4.39 Å². The fraction of sp³-hybridized carbons (Fsp3) is 0.600. The predicted octanol–water partition coefficient (Wildman–Crippen LogP) is 3.09. The van der Waals surface area contributed by atoms with Crippen LogP contribution in [-0.4, -0.2) is 37.1 Å². The van der Waals surface area contributed by atoms with Gasteiger partial charge in [0.25, 0.3) is 0 Å². The van der Waals surface area contributed by atoms with Crippen molar-refractivity contribution < 1.29 is 4.39 Å². The number of nitrogens with zero attached hydrogens (tertiary/aromatic N) is 1. The molecule has 0 bridgehead atoms. The lowest BCUT2D eigenvalue weighted by atomic mass is 9.78. The standard InChI is InChI=1S/C15H23ClFN3/c1-20(2)10-15(7-3-4-11(18)9-15)19-12-5-6-14(17)13(16)8-12/h5-6,8,11,19H,3-4,7,9-10,18H2,1-2H3. The summed E-state index contributed by atoms with van der Waals surface area (Å²) in [5.41, 5.74) is 6.94. The summed E-state index contributed by atoms with van der Waals surface area (Å²) in [6.07, 6.45) is 4.16. The van der Waals surface area contributed by atoms with E-state index < -0.39 is 0 Å². The second-order valence-corrected chi connectivity index (χ2v) is 6.54. The first kappa shape index (κ1) is 15.5. The smallest absolute Gasteiger partial charge is 0.141 e. The molecule has 1 saturated carbocycles. The van der Waals surface area contributed by atoms with Crippen LogP contribution in [0.5, 0.6) is 0 Å². The van der Waals surface area contributed by atoms with Crippen LogP contribution in [0.2, 0.25) is 5.02 Å². The van der Waals surface area contributed by atoms with Crippen molar-refractivity contribution >= 4 is 17.3 Å². The summed E-state index contributed by atoms with van der Waals surface area (Å²) < 4.78 is 13.3. The number of nitrogens with two attached hydrogens (primary N) is 1. The number of rotatable bonds is 4. The van der Waals surface area contributed by atoms with Gasteiger partial charge in [-0.3, -0.25) is 0 Å². The minimum absolute atomic E-state index is 0.0671. The maximum absolute atomic E-state index is 13.3. The number of hydrogen-bond donors (Lipinski definition) is 2. The highest BCUT2D eigenvalue weighted by Crippen LogP contribution is 2.32. The van der Waals surface area contributed by atoms with Crippen molar-refractivity contribution in [2.75, 3.05) is 26.0 Å². The molecule has 0 saturated heterocycles. The minimum Gasteiger partial charge on any atom is -0.378 e. The molecule has 2 unspecified atom stereocenters. The number of hydrogen-bond acceptors (Lipinski definition) is 3. The Morgan fingerprint density at radius 1 is 1.50 bits per heavy atom. The second kappa shape index (κ2) is 6.29. The molecule has 0 radical (unpaired) electrons. The molecular formula is C15H23ClFN3. The number of benzene rings is 1. The Bertz CT molecular complexity index is 462. The summed E-state index contributed by atoms with van der Waals surface area (Å²) in [6.45, 7) is 0.899. The van der Waals surface area contributed by atoms with Crippen molar-refractivity contribution in [2.45, 2.75) is 37.3 Å². The van der Waals surface area contributed by atoms with Crippen LogP contribution in [0.4, 0.5) is 10.1 Å². The highest BCUT2D eigenvalue weighted by atomic mass is 35.5. The summed E-state index contributed by atoms with van der Waals surface area (Å²) >= 11 is 5.86. The van der Waals surface area contributed by atoms with Crippen molar-refractivity contribution in [1.82, 2.24) is 4.90 Å². The first-order chi connectivity index (χ1) is 9.40. The first-order valence-electron chi connectivity index (χ1n) is 7.04. The van der Waals surface area contributed by atoms with Crippen LogP contribution >= 0.6 is 11.6 Å². The van der Waals surface area contributed by atoms with Gasteiger partial charge in [0.1, 0.15) is 5.82 Å². The van der Waals surface area contributed by atoms with Crippen LogP contribution in [-0.2, 0) is 0 Å². The third kappa shape index (κ3) is 3.84. The zero-order chi connectivity index (χ0) is 14.8. The molecule has 1 aromatic rings. The molecule has 0 aromatic heterocycles. The maximum atomic E-state index is 13.3. The Hall–Kier alpha value is -0.840. The van der Waals surface area contributed by atoms with Gasteiger partial charge in [0.15, 0.2) is 0 Å². The molecule has 3 nitrogen and oxygen atoms in total. The van der Waals surface area contributed by atoms with Crippen molar-refractivity contribution in [3.63, 3.8) is 0 Å². The number of nitrogens with one attached hydrogen (secondary N) is 1. The van der Waals surface area contributed by atoms with Gasteiger partial charge in [-0.15, -0.1) is 0 Å². The van der Waals surface area contributed by atoms with E-state index >= 15 is 0 Å². The number of anilines is 1. The van der Waals surface area contributed by atoms with Crippen LogP contribution in [0.1, 0.15) is 25.7 Å². The molecule has 0 amide bonds. The molecule has 5 heteroatoms. The van der Waals surface area contributed by atoms with Gasteiger partial charge in [0.05, 0.1) is 10.6 Å². The Labute approximate surface area is 125 Å². The number of likely N-dealkylation sites (N-methyl/N-ethyl adjacent to an activating group) is 1. The van der Waals surface area contributed by atoms with E-state index in [9.17, 15) is 4.39 Å². The molecule has 1 aliphatic carbocycles. The Kier molecular flexibility index (Phi) is 4.89. The van der Waals surface area contributed by atoms with Gasteiger partial charge in [0, 0.05) is 18.3 Å². The quantitative estimate of drug-likeness (QED) is 0.898. The Morgan fingerprint density at radius 2 is 2.25 bits per heavy atom. The molecule has 112 valence electrons. The first-order valence-corrected chi connectivity index (χ1v) is 7.42. The highest BCUT2D eigenvalue weighted by molar-refractivity contribution is 6.31. The molecular weight excluding hydrogens is 277 g/mol. The third-order valence-corrected chi connectivity index (χ3v) is 4.12. The summed E-state index contributed by atoms with van der Waals surface area (Å²) in [4.78, 5) is 2.16. The van der Waals surface area contributed by atoms with Crippen LogP contribution in [0.3, 0.4) is 0 Å². The van der Waals surface area contributed by atoms with Gasteiger partial charge in [0.2, 0.25) is 0 Å². The van der Waals surface area contributed by atoms with Crippen molar-refractivity contribution in [3.8, 4) is 0 Å². The van der Waals surface area contributed by atoms with Crippen LogP contribution < -0.4 is 11.1 Å².